The van der Waals surface area contributed by atoms with Gasteiger partial charge >= 0.3 is 0 Å². The second kappa shape index (κ2) is 8.31. The van der Waals surface area contributed by atoms with Gasteiger partial charge in [-0.3, -0.25) is 9.59 Å². The van der Waals surface area contributed by atoms with Gasteiger partial charge in [-0.25, -0.2) is 0 Å². The molecule has 128 valence electrons. The zero-order valence-electron chi connectivity index (χ0n) is 13.7. The lowest BCUT2D eigenvalue weighted by Gasteiger charge is -2.32. The fourth-order valence-corrected chi connectivity index (χ4v) is 2.60. The molecule has 0 aliphatic carbocycles. The van der Waals surface area contributed by atoms with Gasteiger partial charge in [0.2, 0.25) is 5.91 Å². The largest absolute Gasteiger partial charge is 0.354 e. The Kier molecular flexibility index (Phi) is 7.03. The highest BCUT2D eigenvalue weighted by Crippen LogP contribution is 2.19. The zero-order chi connectivity index (χ0) is 16.2. The number of halogens is 1. The lowest BCUT2D eigenvalue weighted by Crippen LogP contribution is -2.50. The van der Waals surface area contributed by atoms with Crippen LogP contribution < -0.4 is 11.1 Å². The molecule has 1 unspecified atom stereocenters. The van der Waals surface area contributed by atoms with E-state index in [9.17, 15) is 9.59 Å². The van der Waals surface area contributed by atoms with Crippen molar-refractivity contribution in [2.75, 3.05) is 19.6 Å². The molecule has 1 aliphatic heterocycles. The van der Waals surface area contributed by atoms with Crippen molar-refractivity contribution in [2.24, 2.45) is 11.7 Å². The van der Waals surface area contributed by atoms with E-state index in [1.165, 1.54) is 0 Å². The van der Waals surface area contributed by atoms with Crippen LogP contribution in [0.4, 0.5) is 0 Å². The van der Waals surface area contributed by atoms with Crippen molar-refractivity contribution in [3.8, 4) is 0 Å². The Morgan fingerprint density at radius 1 is 1.30 bits per heavy atom. The Bertz CT molecular complexity index is 528. The highest BCUT2D eigenvalue weighted by atomic mass is 35.5. The first-order valence-corrected chi connectivity index (χ1v) is 7.78. The minimum Gasteiger partial charge on any atom is -0.354 e. The normalized spacial score (nSPS) is 18.0. The number of likely N-dealkylation sites (tertiary alicyclic amines) is 1. The van der Waals surface area contributed by atoms with Gasteiger partial charge in [-0.15, -0.1) is 12.4 Å². The first kappa shape index (κ1) is 19.5. The average molecular weight is 340 g/mol. The third-order valence-electron chi connectivity index (χ3n) is 3.82. The minimum atomic E-state index is -0.427. The summed E-state index contributed by atoms with van der Waals surface area (Å²) in [4.78, 5) is 26.5. The zero-order valence-corrected chi connectivity index (χ0v) is 14.6. The molecule has 2 amide bonds. The Balaban J connectivity index is 0.00000264. The maximum Gasteiger partial charge on any atom is 0.253 e. The molecule has 5 nitrogen and oxygen atoms in total. The Hall–Kier alpha value is -1.59. The van der Waals surface area contributed by atoms with E-state index in [0.717, 1.165) is 12.8 Å². The third kappa shape index (κ3) is 5.84. The van der Waals surface area contributed by atoms with Crippen LogP contribution in [-0.4, -0.2) is 41.9 Å². The molecule has 1 aromatic rings. The number of carbonyl (C=O) groups excluding carboxylic acids is 2. The number of piperidine rings is 1. The van der Waals surface area contributed by atoms with E-state index in [0.29, 0.717) is 25.2 Å². The first-order chi connectivity index (χ1) is 10.4. The molecule has 0 bridgehead atoms. The van der Waals surface area contributed by atoms with Gasteiger partial charge in [-0.05, 0) is 38.8 Å². The number of amides is 2. The number of hydrogen-bond donors (Lipinski definition) is 2. The van der Waals surface area contributed by atoms with Crippen LogP contribution in [0.3, 0.4) is 0 Å². The van der Waals surface area contributed by atoms with Crippen LogP contribution in [0.1, 0.15) is 37.0 Å². The van der Waals surface area contributed by atoms with Gasteiger partial charge < -0.3 is 16.0 Å². The highest BCUT2D eigenvalue weighted by molar-refractivity contribution is 5.94. The molecule has 1 heterocycles. The van der Waals surface area contributed by atoms with Crippen molar-refractivity contribution in [2.45, 2.75) is 32.2 Å². The summed E-state index contributed by atoms with van der Waals surface area (Å²) in [5.41, 5.74) is 6.13. The van der Waals surface area contributed by atoms with Crippen LogP contribution in [0.15, 0.2) is 30.3 Å². The van der Waals surface area contributed by atoms with Gasteiger partial charge in [0, 0.05) is 30.7 Å². The van der Waals surface area contributed by atoms with Gasteiger partial charge in [0.15, 0.2) is 0 Å². The van der Waals surface area contributed by atoms with E-state index < -0.39 is 5.54 Å². The molecule has 23 heavy (non-hydrogen) atoms. The van der Waals surface area contributed by atoms with Gasteiger partial charge in [-0.1, -0.05) is 18.2 Å². The second-order valence-electron chi connectivity index (χ2n) is 6.66. The maximum absolute atomic E-state index is 12.5. The number of nitrogens with one attached hydrogen (secondary N) is 1. The minimum absolute atomic E-state index is 0. The summed E-state index contributed by atoms with van der Waals surface area (Å²) in [5, 5.41) is 2.89. The van der Waals surface area contributed by atoms with Crippen molar-refractivity contribution in [3.63, 3.8) is 0 Å². The van der Waals surface area contributed by atoms with E-state index in [-0.39, 0.29) is 30.1 Å². The van der Waals surface area contributed by atoms with Crippen LogP contribution in [0.2, 0.25) is 0 Å². The fourth-order valence-electron chi connectivity index (χ4n) is 2.60. The second-order valence-corrected chi connectivity index (χ2v) is 6.66. The van der Waals surface area contributed by atoms with Crippen molar-refractivity contribution < 1.29 is 9.59 Å². The molecule has 1 aliphatic rings. The van der Waals surface area contributed by atoms with E-state index >= 15 is 0 Å². The molecule has 0 aromatic heterocycles. The molecule has 0 saturated carbocycles. The van der Waals surface area contributed by atoms with Gasteiger partial charge in [0.25, 0.3) is 5.91 Å². The van der Waals surface area contributed by atoms with E-state index in [1.807, 2.05) is 44.2 Å². The summed E-state index contributed by atoms with van der Waals surface area (Å²) in [5.74, 6) is -0.162. The average Bonchev–Trinajstić information content (AvgIpc) is 2.52. The van der Waals surface area contributed by atoms with Crippen LogP contribution in [0.25, 0.3) is 0 Å². The maximum atomic E-state index is 12.5. The lowest BCUT2D eigenvalue weighted by atomic mass is 9.96. The number of nitrogens with zero attached hydrogens (tertiary/aromatic N) is 1. The predicted molar refractivity (Wildman–Crippen MR) is 93.6 cm³/mol. The molecule has 0 radical (unpaired) electrons. The van der Waals surface area contributed by atoms with Gasteiger partial charge in [-0.2, -0.15) is 0 Å². The molecule has 6 heteroatoms. The van der Waals surface area contributed by atoms with Crippen molar-refractivity contribution in [1.29, 1.82) is 0 Å². The first-order valence-electron chi connectivity index (χ1n) is 7.78. The highest BCUT2D eigenvalue weighted by Gasteiger charge is 2.29. The van der Waals surface area contributed by atoms with Crippen LogP contribution in [0, 0.1) is 5.92 Å². The fraction of sp³-hybridized carbons (Fsp3) is 0.529. The Morgan fingerprint density at radius 3 is 2.57 bits per heavy atom. The monoisotopic (exact) mass is 339 g/mol. The molecule has 0 spiro atoms. The Morgan fingerprint density at radius 2 is 1.96 bits per heavy atom. The summed E-state index contributed by atoms with van der Waals surface area (Å²) >= 11 is 0. The van der Waals surface area contributed by atoms with Gasteiger partial charge in [0.1, 0.15) is 0 Å². The summed E-state index contributed by atoms with van der Waals surface area (Å²) in [6.07, 6.45) is 1.66. The number of hydrogen-bond acceptors (Lipinski definition) is 3. The summed E-state index contributed by atoms with van der Waals surface area (Å²) in [6.45, 7) is 5.37. The molecular formula is C17H26ClN3O2. The van der Waals surface area contributed by atoms with Crippen LogP contribution in [-0.2, 0) is 4.79 Å². The van der Waals surface area contributed by atoms with Crippen LogP contribution in [0.5, 0.6) is 0 Å². The third-order valence-corrected chi connectivity index (χ3v) is 3.82. The summed E-state index contributed by atoms with van der Waals surface area (Å²) < 4.78 is 0. The smallest absolute Gasteiger partial charge is 0.253 e. The standard InChI is InChI=1S/C17H25N3O2.ClH/c1-17(2,18)12-19-15(21)14-9-6-10-20(11-14)16(22)13-7-4-3-5-8-13;/h3-5,7-8,14H,6,9-12,18H2,1-2H3,(H,19,21);1H. The Labute approximate surface area is 144 Å². The molecule has 1 aromatic carbocycles. The van der Waals surface area contributed by atoms with E-state index in [2.05, 4.69) is 5.32 Å². The SMILES string of the molecule is CC(C)(N)CNC(=O)C1CCCN(C(=O)c2ccccc2)C1.Cl. The number of nitrogens with two attached hydrogens (primary N) is 1. The summed E-state index contributed by atoms with van der Waals surface area (Å²) in [6, 6.07) is 9.21. The van der Waals surface area contributed by atoms with E-state index in [1.54, 1.807) is 4.90 Å². The molecule has 3 N–H and O–H groups in total. The number of benzene rings is 1. The molecule has 1 atom stereocenters. The molecule has 1 fully saturated rings. The molecule has 1 saturated heterocycles. The van der Waals surface area contributed by atoms with E-state index in [4.69, 9.17) is 5.73 Å². The van der Waals surface area contributed by atoms with Crippen molar-refractivity contribution >= 4 is 24.2 Å². The molecule has 2 rings (SSSR count). The van der Waals surface area contributed by atoms with Crippen molar-refractivity contribution in [3.05, 3.63) is 35.9 Å². The number of rotatable bonds is 4. The predicted octanol–water partition coefficient (Wildman–Crippen LogP) is 1.81. The number of carbonyl (C=O) groups is 2. The lowest BCUT2D eigenvalue weighted by molar-refractivity contribution is -0.126. The summed E-state index contributed by atoms with van der Waals surface area (Å²) in [7, 11) is 0. The van der Waals surface area contributed by atoms with Gasteiger partial charge in [0.05, 0.1) is 5.92 Å². The van der Waals surface area contributed by atoms with Crippen LogP contribution >= 0.6 is 12.4 Å². The quantitative estimate of drug-likeness (QED) is 0.878. The molecular weight excluding hydrogens is 314 g/mol. The van der Waals surface area contributed by atoms with Crippen molar-refractivity contribution in [1.82, 2.24) is 10.2 Å². The topological polar surface area (TPSA) is 75.4 Å².